The maximum atomic E-state index is 9.91. The van der Waals surface area contributed by atoms with Gasteiger partial charge in [-0.1, -0.05) is 24.2 Å². The maximum Gasteiger partial charge on any atom is 0.137 e. The van der Waals surface area contributed by atoms with Crippen molar-refractivity contribution >= 4 is 0 Å². The van der Waals surface area contributed by atoms with Crippen LogP contribution in [-0.2, 0) is 13.0 Å². The maximum absolute atomic E-state index is 9.91. The zero-order valence-corrected chi connectivity index (χ0v) is 15.6. The molecule has 0 amide bonds. The van der Waals surface area contributed by atoms with Crippen LogP contribution < -0.4 is 4.74 Å². The largest absolute Gasteiger partial charge is 0.496 e. The summed E-state index contributed by atoms with van der Waals surface area (Å²) in [5.41, 5.74) is 4.49. The minimum atomic E-state index is -0.165. The summed E-state index contributed by atoms with van der Waals surface area (Å²) in [5, 5.41) is 14.0. The molecule has 5 heteroatoms. The SMILES string of the molecule is COc1ccc(CN2CC[C@@H](O)[C@H](C)C2)cc1Cc1c(C)noc1C. The number of aromatic nitrogens is 1. The van der Waals surface area contributed by atoms with Crippen molar-refractivity contribution in [3.63, 3.8) is 0 Å². The number of rotatable bonds is 5. The molecule has 0 saturated carbocycles. The molecule has 0 bridgehead atoms. The number of aliphatic hydroxyl groups is 1. The smallest absolute Gasteiger partial charge is 0.137 e. The number of likely N-dealkylation sites (tertiary alicyclic amines) is 1. The zero-order valence-electron chi connectivity index (χ0n) is 15.6. The molecule has 5 nitrogen and oxygen atoms in total. The Labute approximate surface area is 149 Å². The Hall–Kier alpha value is -1.85. The molecule has 1 aliphatic heterocycles. The van der Waals surface area contributed by atoms with Crippen molar-refractivity contribution in [1.29, 1.82) is 0 Å². The molecule has 1 aromatic carbocycles. The molecule has 2 aromatic rings. The fraction of sp³-hybridized carbons (Fsp3) is 0.550. The quantitative estimate of drug-likeness (QED) is 0.903. The molecule has 1 N–H and O–H groups in total. The molecule has 2 heterocycles. The number of piperidine rings is 1. The highest BCUT2D eigenvalue weighted by Crippen LogP contribution is 2.27. The normalized spacial score (nSPS) is 21.5. The fourth-order valence-corrected chi connectivity index (χ4v) is 3.63. The molecule has 1 saturated heterocycles. The van der Waals surface area contributed by atoms with Crippen molar-refractivity contribution in [2.75, 3.05) is 20.2 Å². The van der Waals surface area contributed by atoms with Crippen LogP contribution in [0.3, 0.4) is 0 Å². The van der Waals surface area contributed by atoms with Gasteiger partial charge in [-0.15, -0.1) is 0 Å². The third kappa shape index (κ3) is 4.05. The lowest BCUT2D eigenvalue weighted by Crippen LogP contribution is -2.41. The highest BCUT2D eigenvalue weighted by atomic mass is 16.5. The van der Waals surface area contributed by atoms with Crippen LogP contribution >= 0.6 is 0 Å². The van der Waals surface area contributed by atoms with Crippen molar-refractivity contribution in [3.05, 3.63) is 46.3 Å². The van der Waals surface area contributed by atoms with Crippen molar-refractivity contribution in [3.8, 4) is 5.75 Å². The number of nitrogens with zero attached hydrogens (tertiary/aromatic N) is 2. The van der Waals surface area contributed by atoms with E-state index in [-0.39, 0.29) is 6.10 Å². The standard InChI is InChI=1S/C20H28N2O3/c1-13-11-22(8-7-19(13)23)12-16-5-6-20(24-4)17(9-16)10-18-14(2)21-25-15(18)3/h5-6,9,13,19,23H,7-8,10-12H2,1-4H3/t13-,19-/m1/s1. The van der Waals surface area contributed by atoms with Crippen molar-refractivity contribution in [1.82, 2.24) is 10.1 Å². The van der Waals surface area contributed by atoms with Crippen LogP contribution in [-0.4, -0.2) is 41.5 Å². The third-order valence-corrected chi connectivity index (χ3v) is 5.24. The second-order valence-corrected chi connectivity index (χ2v) is 7.19. The predicted molar refractivity (Wildman–Crippen MR) is 96.8 cm³/mol. The van der Waals surface area contributed by atoms with E-state index in [4.69, 9.17) is 9.26 Å². The number of methoxy groups -OCH3 is 1. The Balaban J connectivity index is 1.78. The number of benzene rings is 1. The van der Waals surface area contributed by atoms with Crippen LogP contribution in [0.1, 0.15) is 41.5 Å². The summed E-state index contributed by atoms with van der Waals surface area (Å²) in [6.07, 6.45) is 1.44. The summed E-state index contributed by atoms with van der Waals surface area (Å²) in [4.78, 5) is 2.42. The van der Waals surface area contributed by atoms with Crippen LogP contribution in [0.2, 0.25) is 0 Å². The van der Waals surface area contributed by atoms with Gasteiger partial charge in [0.1, 0.15) is 11.5 Å². The van der Waals surface area contributed by atoms with E-state index in [1.165, 1.54) is 5.56 Å². The number of aryl methyl sites for hydroxylation is 2. The summed E-state index contributed by atoms with van der Waals surface area (Å²) in [6, 6.07) is 6.40. The Kier molecular flexibility index (Phi) is 5.45. The van der Waals surface area contributed by atoms with Gasteiger partial charge in [0.05, 0.1) is 18.9 Å². The van der Waals surface area contributed by atoms with Crippen molar-refractivity contribution in [2.24, 2.45) is 5.92 Å². The van der Waals surface area contributed by atoms with Crippen LogP contribution in [0, 0.1) is 19.8 Å². The first-order valence-electron chi connectivity index (χ1n) is 8.96. The number of ether oxygens (including phenoxy) is 1. The van der Waals surface area contributed by atoms with E-state index in [1.807, 2.05) is 19.9 Å². The van der Waals surface area contributed by atoms with Crippen molar-refractivity contribution in [2.45, 2.75) is 46.3 Å². The molecular weight excluding hydrogens is 316 g/mol. The molecule has 3 rings (SSSR count). The Bertz CT molecular complexity index is 706. The number of hydrogen-bond acceptors (Lipinski definition) is 5. The second-order valence-electron chi connectivity index (χ2n) is 7.19. The van der Waals surface area contributed by atoms with Crippen LogP contribution in [0.5, 0.6) is 5.75 Å². The molecule has 0 unspecified atom stereocenters. The lowest BCUT2D eigenvalue weighted by molar-refractivity contribution is 0.0320. The Morgan fingerprint density at radius 3 is 2.80 bits per heavy atom. The van der Waals surface area contributed by atoms with E-state index in [1.54, 1.807) is 7.11 Å². The molecule has 0 spiro atoms. The average Bonchev–Trinajstić information content (AvgIpc) is 2.90. The minimum Gasteiger partial charge on any atom is -0.496 e. The molecule has 2 atom stereocenters. The lowest BCUT2D eigenvalue weighted by Gasteiger charge is -2.34. The van der Waals surface area contributed by atoms with E-state index in [0.29, 0.717) is 5.92 Å². The summed E-state index contributed by atoms with van der Waals surface area (Å²) in [5.74, 6) is 2.09. The van der Waals surface area contributed by atoms with Crippen LogP contribution in [0.15, 0.2) is 22.7 Å². The van der Waals surface area contributed by atoms with Gasteiger partial charge < -0.3 is 14.4 Å². The van der Waals surface area contributed by atoms with Gasteiger partial charge in [-0.25, -0.2) is 0 Å². The average molecular weight is 344 g/mol. The summed E-state index contributed by atoms with van der Waals surface area (Å²) in [6.45, 7) is 8.82. The van der Waals surface area contributed by atoms with Gasteiger partial charge in [0.15, 0.2) is 0 Å². The summed E-state index contributed by atoms with van der Waals surface area (Å²) in [7, 11) is 1.71. The first-order valence-corrected chi connectivity index (χ1v) is 8.96. The van der Waals surface area contributed by atoms with Gasteiger partial charge in [0.25, 0.3) is 0 Å². The van der Waals surface area contributed by atoms with E-state index in [0.717, 1.165) is 60.8 Å². The van der Waals surface area contributed by atoms with Gasteiger partial charge in [-0.05, 0) is 43.4 Å². The fourth-order valence-electron chi connectivity index (χ4n) is 3.63. The van der Waals surface area contributed by atoms with Gasteiger partial charge in [0.2, 0.25) is 0 Å². The van der Waals surface area contributed by atoms with Gasteiger partial charge in [0, 0.05) is 31.6 Å². The van der Waals surface area contributed by atoms with E-state index < -0.39 is 0 Å². The van der Waals surface area contributed by atoms with Gasteiger partial charge in [-0.2, -0.15) is 0 Å². The van der Waals surface area contributed by atoms with E-state index in [9.17, 15) is 5.11 Å². The molecule has 136 valence electrons. The van der Waals surface area contributed by atoms with Gasteiger partial charge >= 0.3 is 0 Å². The summed E-state index contributed by atoms with van der Waals surface area (Å²) < 4.78 is 10.8. The Morgan fingerprint density at radius 1 is 1.36 bits per heavy atom. The molecule has 25 heavy (non-hydrogen) atoms. The lowest BCUT2D eigenvalue weighted by atomic mass is 9.96. The number of hydrogen-bond donors (Lipinski definition) is 1. The molecule has 1 aliphatic rings. The molecule has 1 aromatic heterocycles. The molecule has 0 radical (unpaired) electrons. The van der Waals surface area contributed by atoms with Gasteiger partial charge in [-0.3, -0.25) is 4.90 Å². The van der Waals surface area contributed by atoms with E-state index in [2.05, 4.69) is 29.1 Å². The number of aliphatic hydroxyl groups excluding tert-OH is 1. The third-order valence-electron chi connectivity index (χ3n) is 5.24. The van der Waals surface area contributed by atoms with Crippen molar-refractivity contribution < 1.29 is 14.4 Å². The first kappa shape index (κ1) is 18.0. The summed E-state index contributed by atoms with van der Waals surface area (Å²) >= 11 is 0. The highest BCUT2D eigenvalue weighted by molar-refractivity contribution is 5.41. The molecule has 0 aliphatic carbocycles. The predicted octanol–water partition coefficient (Wildman–Crippen LogP) is 3.09. The second kappa shape index (κ2) is 7.58. The molecule has 1 fully saturated rings. The minimum absolute atomic E-state index is 0.165. The van der Waals surface area contributed by atoms with E-state index >= 15 is 0 Å². The topological polar surface area (TPSA) is 58.7 Å². The first-order chi connectivity index (χ1) is 12.0. The molecular formula is C20H28N2O3. The van der Waals surface area contributed by atoms with Crippen LogP contribution in [0.4, 0.5) is 0 Å². The zero-order chi connectivity index (χ0) is 18.0. The Morgan fingerprint density at radius 2 is 2.16 bits per heavy atom. The monoisotopic (exact) mass is 344 g/mol. The van der Waals surface area contributed by atoms with Crippen LogP contribution in [0.25, 0.3) is 0 Å². The highest BCUT2D eigenvalue weighted by Gasteiger charge is 2.24.